The lowest BCUT2D eigenvalue weighted by Crippen LogP contribution is -2.48. The summed E-state index contributed by atoms with van der Waals surface area (Å²) in [5, 5.41) is 10.6. The number of carbonyl (C=O) groups is 2. The number of likely N-dealkylation sites (N-methyl/N-ethyl adjacent to an activating group) is 1. The Morgan fingerprint density at radius 2 is 1.71 bits per heavy atom. The number of halogens is 1. The predicted molar refractivity (Wildman–Crippen MR) is 184 cm³/mol. The third-order valence-corrected chi connectivity index (χ3v) is 11.2. The molecular formula is C35H53FN4O7S. The highest BCUT2D eigenvalue weighted by molar-refractivity contribution is 7.88. The molecule has 268 valence electrons. The lowest BCUT2D eigenvalue weighted by molar-refractivity contribution is -0.151. The van der Waals surface area contributed by atoms with Gasteiger partial charge >= 0.3 is 12.1 Å². The Kier molecular flexibility index (Phi) is 13.1. The maximum Gasteiger partial charge on any atom is 0.410 e. The van der Waals surface area contributed by atoms with Crippen LogP contribution in [-0.2, 0) is 24.3 Å². The number of aliphatic hydroxyl groups excluding tert-OH is 1. The molecule has 0 aromatic heterocycles. The zero-order valence-corrected chi connectivity index (χ0v) is 30.0. The standard InChI is InChI=1S/C35H53FN4O7S/c1-24-7-9-31(41)23-33(42)47-34(25(2)8-10-32(24)46-35(43)39-17-15-37(4)16-18-39)26(3)19-27-20-28(36)22-30(21-27)38(5)29-11-13-40(14-12-29)48(6,44)45/h8,10,19-22,24-25,29,31-32,34,41H,7,9,11-18,23H2,1-6H3/b10-8+,26-19+/t24-,25-,31+,32-,34-/m0/s1. The minimum Gasteiger partial charge on any atom is -0.457 e. The largest absolute Gasteiger partial charge is 0.457 e. The first-order chi connectivity index (χ1) is 22.6. The lowest BCUT2D eigenvalue weighted by Gasteiger charge is -2.37. The summed E-state index contributed by atoms with van der Waals surface area (Å²) in [7, 11) is 0.654. The number of amides is 1. The second kappa shape index (κ2) is 16.6. The number of piperidine rings is 1. The number of hydrogen-bond acceptors (Lipinski definition) is 9. The number of aliphatic hydroxyl groups is 1. The molecule has 1 aromatic rings. The van der Waals surface area contributed by atoms with Crippen LogP contribution in [0.2, 0.25) is 0 Å². The number of ether oxygens (including phenoxy) is 2. The Balaban J connectivity index is 1.54. The minimum absolute atomic E-state index is 0.0484. The zero-order valence-electron chi connectivity index (χ0n) is 29.2. The van der Waals surface area contributed by atoms with Gasteiger partial charge in [-0.2, -0.15) is 0 Å². The molecule has 1 N–H and O–H groups in total. The van der Waals surface area contributed by atoms with Crippen LogP contribution in [0.25, 0.3) is 6.08 Å². The van der Waals surface area contributed by atoms with Crippen LogP contribution in [0.5, 0.6) is 0 Å². The molecule has 3 aliphatic rings. The number of cyclic esters (lactones) is 1. The lowest BCUT2D eigenvalue weighted by atomic mass is 9.91. The molecule has 0 bridgehead atoms. The van der Waals surface area contributed by atoms with Crippen molar-refractivity contribution in [1.82, 2.24) is 14.1 Å². The molecule has 0 unspecified atom stereocenters. The molecule has 0 saturated carbocycles. The quantitative estimate of drug-likeness (QED) is 0.347. The Labute approximate surface area is 285 Å². The summed E-state index contributed by atoms with van der Waals surface area (Å²) in [4.78, 5) is 31.9. The van der Waals surface area contributed by atoms with E-state index >= 15 is 0 Å². The van der Waals surface area contributed by atoms with Crippen molar-refractivity contribution >= 4 is 33.8 Å². The molecule has 1 amide bonds. The Hall–Kier alpha value is -3.00. The number of sulfonamides is 1. The third-order valence-electron chi connectivity index (χ3n) is 9.85. The second-order valence-electron chi connectivity index (χ2n) is 13.8. The van der Waals surface area contributed by atoms with Gasteiger partial charge in [-0.25, -0.2) is 21.9 Å². The van der Waals surface area contributed by atoms with Crippen molar-refractivity contribution in [1.29, 1.82) is 0 Å². The number of rotatable bonds is 6. The fourth-order valence-corrected chi connectivity index (χ4v) is 7.50. The number of esters is 1. The van der Waals surface area contributed by atoms with Gasteiger partial charge in [0.25, 0.3) is 0 Å². The molecule has 13 heteroatoms. The van der Waals surface area contributed by atoms with Crippen molar-refractivity contribution in [2.75, 3.05) is 64.5 Å². The molecule has 0 aliphatic carbocycles. The van der Waals surface area contributed by atoms with Crippen molar-refractivity contribution in [3.8, 4) is 0 Å². The summed E-state index contributed by atoms with van der Waals surface area (Å²) in [6, 6.07) is 4.80. The average molecular weight is 693 g/mol. The van der Waals surface area contributed by atoms with Gasteiger partial charge in [-0.15, -0.1) is 0 Å². The van der Waals surface area contributed by atoms with Gasteiger partial charge in [0.05, 0.1) is 18.8 Å². The molecular weight excluding hydrogens is 639 g/mol. The maximum atomic E-state index is 15.0. The fraction of sp³-hybridized carbons (Fsp3) is 0.657. The number of hydrogen-bond donors (Lipinski definition) is 1. The molecule has 3 heterocycles. The van der Waals surface area contributed by atoms with Gasteiger partial charge in [-0.3, -0.25) is 4.79 Å². The third kappa shape index (κ3) is 10.5. The number of benzene rings is 1. The maximum absolute atomic E-state index is 15.0. The van der Waals surface area contributed by atoms with Crippen molar-refractivity contribution < 1.29 is 37.0 Å². The highest BCUT2D eigenvalue weighted by Gasteiger charge is 2.30. The van der Waals surface area contributed by atoms with Gasteiger partial charge in [0.2, 0.25) is 10.0 Å². The van der Waals surface area contributed by atoms with E-state index in [-0.39, 0.29) is 30.4 Å². The van der Waals surface area contributed by atoms with Gasteiger partial charge < -0.3 is 29.3 Å². The Bertz CT molecular complexity index is 1440. The van der Waals surface area contributed by atoms with E-state index in [1.54, 1.807) is 11.0 Å². The van der Waals surface area contributed by atoms with E-state index in [0.29, 0.717) is 68.7 Å². The van der Waals surface area contributed by atoms with E-state index in [1.807, 2.05) is 58.0 Å². The van der Waals surface area contributed by atoms with Gasteiger partial charge in [0.15, 0.2) is 0 Å². The number of anilines is 1. The number of piperazine rings is 1. The molecule has 2 fully saturated rings. The highest BCUT2D eigenvalue weighted by atomic mass is 32.2. The predicted octanol–water partition coefficient (Wildman–Crippen LogP) is 4.13. The van der Waals surface area contributed by atoms with Gasteiger partial charge in [-0.1, -0.05) is 26.0 Å². The second-order valence-corrected chi connectivity index (χ2v) is 15.8. The summed E-state index contributed by atoms with van der Waals surface area (Å²) >= 11 is 0. The summed E-state index contributed by atoms with van der Waals surface area (Å²) in [5.74, 6) is -1.36. The molecule has 3 aliphatic heterocycles. The van der Waals surface area contributed by atoms with Crippen LogP contribution in [0.1, 0.15) is 58.4 Å². The molecule has 0 radical (unpaired) electrons. The first kappa shape index (κ1) is 37.8. The molecule has 0 spiro atoms. The Morgan fingerprint density at radius 1 is 1.04 bits per heavy atom. The van der Waals surface area contributed by atoms with Crippen LogP contribution in [0, 0.1) is 17.7 Å². The van der Waals surface area contributed by atoms with Crippen LogP contribution in [0.3, 0.4) is 0 Å². The first-order valence-corrected chi connectivity index (χ1v) is 18.8. The minimum atomic E-state index is -3.25. The number of nitrogens with zero attached hydrogens (tertiary/aromatic N) is 4. The van der Waals surface area contributed by atoms with E-state index in [0.717, 1.165) is 13.1 Å². The van der Waals surface area contributed by atoms with Crippen LogP contribution in [0.4, 0.5) is 14.9 Å². The topological polar surface area (TPSA) is 120 Å². The fourth-order valence-electron chi connectivity index (χ4n) is 6.63. The molecule has 1 aromatic carbocycles. The van der Waals surface area contributed by atoms with Crippen molar-refractivity contribution in [2.45, 2.75) is 77.2 Å². The van der Waals surface area contributed by atoms with Gasteiger partial charge in [0.1, 0.15) is 18.0 Å². The van der Waals surface area contributed by atoms with Crippen molar-refractivity contribution in [3.63, 3.8) is 0 Å². The smallest absolute Gasteiger partial charge is 0.410 e. The summed E-state index contributed by atoms with van der Waals surface area (Å²) in [5.41, 5.74) is 1.94. The van der Waals surface area contributed by atoms with Gasteiger partial charge in [0, 0.05) is 64.0 Å². The van der Waals surface area contributed by atoms with E-state index in [9.17, 15) is 27.5 Å². The summed E-state index contributed by atoms with van der Waals surface area (Å²) in [6.07, 6.45) is 6.27. The van der Waals surface area contributed by atoms with Crippen LogP contribution in [-0.4, -0.2) is 124 Å². The van der Waals surface area contributed by atoms with Crippen LogP contribution < -0.4 is 4.90 Å². The zero-order chi connectivity index (χ0) is 35.2. The molecule has 2 saturated heterocycles. The van der Waals surface area contributed by atoms with Crippen molar-refractivity contribution in [3.05, 3.63) is 47.3 Å². The number of carbonyl (C=O) groups excluding carboxylic acids is 2. The van der Waals surface area contributed by atoms with Crippen molar-refractivity contribution in [2.24, 2.45) is 11.8 Å². The summed E-state index contributed by atoms with van der Waals surface area (Å²) in [6.45, 7) is 9.28. The van der Waals surface area contributed by atoms with E-state index in [2.05, 4.69) is 4.90 Å². The van der Waals surface area contributed by atoms with E-state index < -0.39 is 40.1 Å². The van der Waals surface area contributed by atoms with Crippen LogP contribution in [0.15, 0.2) is 35.9 Å². The van der Waals surface area contributed by atoms with Crippen LogP contribution >= 0.6 is 0 Å². The molecule has 11 nitrogen and oxygen atoms in total. The van der Waals surface area contributed by atoms with E-state index in [1.165, 1.54) is 22.7 Å². The first-order valence-electron chi connectivity index (χ1n) is 17.0. The Morgan fingerprint density at radius 3 is 2.35 bits per heavy atom. The highest BCUT2D eigenvalue weighted by Crippen LogP contribution is 2.29. The van der Waals surface area contributed by atoms with E-state index in [4.69, 9.17) is 9.47 Å². The summed E-state index contributed by atoms with van der Waals surface area (Å²) < 4.78 is 52.3. The molecule has 5 atom stereocenters. The SMILES string of the molecule is C/C(=C\c1cc(F)cc(N(C)C2CCN(S(C)(=O)=O)CC2)c1)[C@H]1OC(=O)C[C@H](O)CC[C@H](C)[C@@H](OC(=O)N2CCN(C)CC2)/C=C/[C@@H]1C. The van der Waals surface area contributed by atoms with Gasteiger partial charge in [-0.05, 0) is 81.0 Å². The monoisotopic (exact) mass is 692 g/mol. The molecule has 48 heavy (non-hydrogen) atoms. The average Bonchev–Trinajstić information content (AvgIpc) is 3.03. The normalized spacial score (nSPS) is 28.6. The molecule has 4 rings (SSSR count).